The Balaban J connectivity index is 1.00. The van der Waals surface area contributed by atoms with Gasteiger partial charge in [-0.3, -0.25) is 0 Å². The lowest BCUT2D eigenvalue weighted by Gasteiger charge is -2.16. The molecule has 0 bridgehead atoms. The van der Waals surface area contributed by atoms with Crippen LogP contribution in [0.25, 0.3) is 157 Å². The summed E-state index contributed by atoms with van der Waals surface area (Å²) in [6.45, 7) is 0. The van der Waals surface area contributed by atoms with E-state index in [4.69, 9.17) is 19.4 Å². The number of hydrogen-bond donors (Lipinski definition) is 0. The summed E-state index contributed by atoms with van der Waals surface area (Å²) in [6, 6.07) is 82.8. The van der Waals surface area contributed by atoms with Crippen molar-refractivity contribution in [1.82, 2.24) is 19.5 Å². The van der Waals surface area contributed by atoms with Crippen molar-refractivity contribution in [2.45, 2.75) is 0 Å². The molecule has 74 heavy (non-hydrogen) atoms. The van der Waals surface area contributed by atoms with Gasteiger partial charge in [0, 0.05) is 84.3 Å². The third-order valence-corrected chi connectivity index (χ3v) is 17.1. The Kier molecular flexibility index (Phi) is 9.01. The van der Waals surface area contributed by atoms with Gasteiger partial charge in [0.05, 0.1) is 11.0 Å². The molecule has 344 valence electrons. The number of hydrogen-bond acceptors (Lipinski definition) is 6. The fourth-order valence-corrected chi connectivity index (χ4v) is 13.8. The molecule has 0 aliphatic carbocycles. The minimum atomic E-state index is 0.587. The van der Waals surface area contributed by atoms with E-state index >= 15 is 0 Å². The number of aromatic nitrogens is 4. The van der Waals surface area contributed by atoms with Gasteiger partial charge in [-0.05, 0) is 112 Å². The second-order valence-corrected chi connectivity index (χ2v) is 21.2. The Morgan fingerprint density at radius 2 is 0.878 bits per heavy atom. The standard InChI is InChI=1S/C67H38N4OS2/c1-2-15-39(16-3-1)44-22-12-25-54-62(44)53-35-40-17-4-5-18-41(40)36-55(53)71(54)43-32-34-47(52(38-43)42-31-33-46-45-19-6-9-26-56(45)72-57(46)37-42)65-68-66(50-23-13-29-60-63(50)48-20-7-10-27-58(48)73-60)70-67(69-65)51-24-14-30-61-64(51)49-21-8-11-28-59(49)74-61/h1-38H. The van der Waals surface area contributed by atoms with Crippen molar-refractivity contribution in [1.29, 1.82) is 0 Å². The molecule has 16 aromatic rings. The van der Waals surface area contributed by atoms with E-state index in [0.29, 0.717) is 17.5 Å². The molecule has 0 amide bonds. The predicted molar refractivity (Wildman–Crippen MR) is 312 cm³/mol. The first-order valence-electron chi connectivity index (χ1n) is 24.8. The fraction of sp³-hybridized carbons (Fsp3) is 0. The Labute approximate surface area is 431 Å². The van der Waals surface area contributed by atoms with E-state index in [1.807, 2.05) is 12.1 Å². The van der Waals surface area contributed by atoms with E-state index < -0.39 is 0 Å². The van der Waals surface area contributed by atoms with Crippen LogP contribution in [0.5, 0.6) is 0 Å². The molecule has 5 nitrogen and oxygen atoms in total. The lowest BCUT2D eigenvalue weighted by molar-refractivity contribution is 0.669. The predicted octanol–water partition coefficient (Wildman–Crippen LogP) is 19.1. The van der Waals surface area contributed by atoms with Gasteiger partial charge in [0.2, 0.25) is 0 Å². The van der Waals surface area contributed by atoms with Gasteiger partial charge in [-0.1, -0.05) is 152 Å². The average Bonchev–Trinajstić information content (AvgIpc) is 4.23. The van der Waals surface area contributed by atoms with E-state index in [0.717, 1.165) is 77.2 Å². The summed E-state index contributed by atoms with van der Waals surface area (Å²) in [5, 5.41) is 11.6. The molecule has 0 fully saturated rings. The van der Waals surface area contributed by atoms with Crippen LogP contribution in [0.3, 0.4) is 0 Å². The minimum Gasteiger partial charge on any atom is -0.456 e. The van der Waals surface area contributed by atoms with E-state index in [2.05, 4.69) is 223 Å². The first-order valence-corrected chi connectivity index (χ1v) is 26.5. The maximum Gasteiger partial charge on any atom is 0.164 e. The van der Waals surface area contributed by atoms with Gasteiger partial charge in [-0.15, -0.1) is 22.7 Å². The van der Waals surface area contributed by atoms with Crippen LogP contribution in [-0.2, 0) is 0 Å². The third-order valence-electron chi connectivity index (χ3n) is 14.9. The van der Waals surface area contributed by atoms with E-state index in [-0.39, 0.29) is 0 Å². The average molecular weight is 979 g/mol. The molecule has 0 radical (unpaired) electrons. The maximum atomic E-state index is 6.62. The van der Waals surface area contributed by atoms with E-state index in [9.17, 15) is 0 Å². The van der Waals surface area contributed by atoms with Crippen LogP contribution in [0, 0.1) is 0 Å². The van der Waals surface area contributed by atoms with Crippen molar-refractivity contribution < 1.29 is 4.42 Å². The summed E-state index contributed by atoms with van der Waals surface area (Å²) in [5.74, 6) is 1.84. The lowest BCUT2D eigenvalue weighted by Crippen LogP contribution is -2.02. The first-order chi connectivity index (χ1) is 36.7. The minimum absolute atomic E-state index is 0.587. The highest BCUT2D eigenvalue weighted by atomic mass is 32.1. The Bertz CT molecular complexity index is 4850. The van der Waals surface area contributed by atoms with Crippen LogP contribution in [0.1, 0.15) is 0 Å². The number of nitrogens with zero attached hydrogens (tertiary/aromatic N) is 4. The normalized spacial score (nSPS) is 12.1. The third kappa shape index (κ3) is 6.30. The molecule has 0 aliphatic rings. The van der Waals surface area contributed by atoms with Crippen LogP contribution < -0.4 is 0 Å². The molecule has 5 heterocycles. The van der Waals surface area contributed by atoms with Crippen molar-refractivity contribution in [2.24, 2.45) is 0 Å². The van der Waals surface area contributed by atoms with Gasteiger partial charge in [0.15, 0.2) is 17.5 Å². The van der Waals surface area contributed by atoms with Crippen LogP contribution in [0.4, 0.5) is 0 Å². The van der Waals surface area contributed by atoms with Gasteiger partial charge < -0.3 is 8.98 Å². The lowest BCUT2D eigenvalue weighted by atomic mass is 9.96. The van der Waals surface area contributed by atoms with Crippen molar-refractivity contribution >= 4 is 118 Å². The van der Waals surface area contributed by atoms with Gasteiger partial charge in [0.25, 0.3) is 0 Å². The van der Waals surface area contributed by atoms with Crippen LogP contribution in [0.2, 0.25) is 0 Å². The van der Waals surface area contributed by atoms with Gasteiger partial charge in [-0.2, -0.15) is 0 Å². The number of furan rings is 1. The Hall–Kier alpha value is -9.27. The van der Waals surface area contributed by atoms with Crippen molar-refractivity contribution in [3.05, 3.63) is 231 Å². The quantitative estimate of drug-likeness (QED) is 0.167. The molecule has 0 saturated carbocycles. The molecule has 0 N–H and O–H groups in total. The first kappa shape index (κ1) is 41.4. The zero-order valence-electron chi connectivity index (χ0n) is 39.5. The number of benzene rings is 11. The SMILES string of the molecule is c1ccc(-c2cccc3c2c2cc4ccccc4cc2n3-c2ccc(-c3nc(-c4cccc5sc6ccccc6c45)nc(-c4cccc5sc6ccccc6c45)n3)c(-c3ccc4c(c3)oc3ccccc34)c2)cc1. The largest absolute Gasteiger partial charge is 0.456 e. The van der Waals surface area contributed by atoms with Crippen LogP contribution >= 0.6 is 22.7 Å². The number of thiophene rings is 2. The molecule has 0 unspecified atom stereocenters. The molecule has 7 heteroatoms. The van der Waals surface area contributed by atoms with Gasteiger partial charge in [-0.25, -0.2) is 15.0 Å². The molecule has 0 aliphatic heterocycles. The summed E-state index contributed by atoms with van der Waals surface area (Å²) in [4.78, 5) is 16.6. The summed E-state index contributed by atoms with van der Waals surface area (Å²) < 4.78 is 13.9. The molecular weight excluding hydrogens is 941 g/mol. The highest BCUT2D eigenvalue weighted by Crippen LogP contribution is 2.46. The maximum absolute atomic E-state index is 6.62. The number of rotatable bonds is 6. The molecular formula is C67H38N4OS2. The molecule has 16 rings (SSSR count). The van der Waals surface area contributed by atoms with Crippen molar-refractivity contribution in [2.75, 3.05) is 0 Å². The molecule has 5 aromatic heterocycles. The van der Waals surface area contributed by atoms with Crippen LogP contribution in [-0.4, -0.2) is 19.5 Å². The number of fused-ring (bicyclic) bond motifs is 13. The summed E-state index contributed by atoms with van der Waals surface area (Å²) in [6.07, 6.45) is 0. The van der Waals surface area contributed by atoms with E-state index in [1.54, 1.807) is 22.7 Å². The summed E-state index contributed by atoms with van der Waals surface area (Å²) in [5.41, 5.74) is 12.1. The topological polar surface area (TPSA) is 56.7 Å². The summed E-state index contributed by atoms with van der Waals surface area (Å²) in [7, 11) is 0. The van der Waals surface area contributed by atoms with E-state index in [1.165, 1.54) is 62.2 Å². The zero-order valence-corrected chi connectivity index (χ0v) is 41.1. The fourth-order valence-electron chi connectivity index (χ4n) is 11.5. The second kappa shape index (κ2) is 16.1. The Morgan fingerprint density at radius 1 is 0.311 bits per heavy atom. The molecule has 11 aromatic carbocycles. The van der Waals surface area contributed by atoms with Crippen LogP contribution in [0.15, 0.2) is 235 Å². The smallest absolute Gasteiger partial charge is 0.164 e. The highest BCUT2D eigenvalue weighted by Gasteiger charge is 2.24. The monoisotopic (exact) mass is 978 g/mol. The summed E-state index contributed by atoms with van der Waals surface area (Å²) >= 11 is 3.60. The van der Waals surface area contributed by atoms with Gasteiger partial charge in [0.1, 0.15) is 11.2 Å². The van der Waals surface area contributed by atoms with Gasteiger partial charge >= 0.3 is 0 Å². The van der Waals surface area contributed by atoms with Crippen molar-refractivity contribution in [3.8, 4) is 62.1 Å². The van der Waals surface area contributed by atoms with Crippen molar-refractivity contribution in [3.63, 3.8) is 0 Å². The zero-order chi connectivity index (χ0) is 48.4. The Morgan fingerprint density at radius 3 is 1.59 bits per heavy atom. The molecule has 0 spiro atoms. The number of para-hydroxylation sites is 1. The second-order valence-electron chi connectivity index (χ2n) is 19.0. The highest BCUT2D eigenvalue weighted by molar-refractivity contribution is 7.26. The molecule has 0 atom stereocenters. The molecule has 0 saturated heterocycles.